The van der Waals surface area contributed by atoms with Crippen LogP contribution in [0, 0.1) is 0 Å². The largest absolute Gasteiger partial charge is 0.500 e. The molecule has 0 saturated carbocycles. The van der Waals surface area contributed by atoms with Gasteiger partial charge in [-0.2, -0.15) is 0 Å². The van der Waals surface area contributed by atoms with Gasteiger partial charge >= 0.3 is 25.9 Å². The Bertz CT molecular complexity index is 802. The first-order valence-electron chi connectivity index (χ1n) is 11.6. The molecule has 34 heavy (non-hydrogen) atoms. The molecule has 0 radical (unpaired) electrons. The third kappa shape index (κ3) is 9.18. The van der Waals surface area contributed by atoms with Crippen molar-refractivity contribution in [2.45, 2.75) is 67.1 Å². The normalized spacial score (nSPS) is 11.9. The van der Waals surface area contributed by atoms with Crippen LogP contribution in [0.1, 0.15) is 41.0 Å². The van der Waals surface area contributed by atoms with Crippen LogP contribution in [0.25, 0.3) is 0 Å². The first kappa shape index (κ1) is 30.4. The number of hydrogen-bond donors (Lipinski definition) is 0. The van der Waals surface area contributed by atoms with Gasteiger partial charge in [0.1, 0.15) is 27.0 Å². The Morgan fingerprint density at radius 2 is 1.00 bits per heavy atom. The van der Waals surface area contributed by atoms with Gasteiger partial charge in [-0.1, -0.05) is 0 Å². The van der Waals surface area contributed by atoms with Gasteiger partial charge in [-0.25, -0.2) is 28.1 Å². The molecular formula is C20H39N3O10Si. The highest BCUT2D eigenvalue weighted by atomic mass is 28.4. The molecule has 1 aromatic heterocycles. The van der Waals surface area contributed by atoms with E-state index in [0.29, 0.717) is 45.5 Å². The topological polar surface area (TPSA) is 131 Å². The molecule has 0 fully saturated rings. The second-order valence-corrected chi connectivity index (χ2v) is 9.56. The molecule has 0 aliphatic carbocycles. The second kappa shape index (κ2) is 16.9. The minimum Gasteiger partial charge on any atom is -0.374 e. The van der Waals surface area contributed by atoms with Crippen molar-refractivity contribution in [1.82, 2.24) is 13.7 Å². The van der Waals surface area contributed by atoms with Crippen molar-refractivity contribution in [2.75, 3.05) is 46.6 Å². The SMILES string of the molecule is CCOCOCn1c(=O)n(CCC[Si](OCC)(OCC)OCC)c(=O)n(COCOCC)c1=O. The third-order valence-electron chi connectivity index (χ3n) is 4.53. The van der Waals surface area contributed by atoms with E-state index in [9.17, 15) is 14.4 Å². The maximum Gasteiger partial charge on any atom is 0.500 e. The number of ether oxygens (including phenoxy) is 4. The van der Waals surface area contributed by atoms with Gasteiger partial charge in [0.15, 0.2) is 0 Å². The molecule has 0 aromatic carbocycles. The van der Waals surface area contributed by atoms with Gasteiger partial charge in [-0.3, -0.25) is 0 Å². The Kier molecular flexibility index (Phi) is 15.1. The zero-order valence-electron chi connectivity index (χ0n) is 20.9. The molecule has 0 amide bonds. The van der Waals surface area contributed by atoms with Crippen molar-refractivity contribution in [3.8, 4) is 0 Å². The summed E-state index contributed by atoms with van der Waals surface area (Å²) in [5.41, 5.74) is -2.42. The van der Waals surface area contributed by atoms with Gasteiger partial charge in [0.25, 0.3) is 0 Å². The lowest BCUT2D eigenvalue weighted by molar-refractivity contribution is -0.0848. The second-order valence-electron chi connectivity index (χ2n) is 6.83. The molecule has 0 saturated heterocycles. The summed E-state index contributed by atoms with van der Waals surface area (Å²) in [6, 6.07) is 0.398. The number of rotatable bonds is 20. The highest BCUT2D eigenvalue weighted by Crippen LogP contribution is 2.18. The highest BCUT2D eigenvalue weighted by molar-refractivity contribution is 6.60. The van der Waals surface area contributed by atoms with Gasteiger partial charge in [-0.05, 0) is 41.0 Å². The van der Waals surface area contributed by atoms with E-state index in [1.807, 2.05) is 20.8 Å². The monoisotopic (exact) mass is 509 g/mol. The van der Waals surface area contributed by atoms with Crippen molar-refractivity contribution in [3.63, 3.8) is 0 Å². The molecule has 198 valence electrons. The minimum absolute atomic E-state index is 0.0246. The van der Waals surface area contributed by atoms with Crippen LogP contribution in [0.3, 0.4) is 0 Å². The smallest absolute Gasteiger partial charge is 0.374 e. The molecule has 1 rings (SSSR count). The predicted octanol–water partition coefficient (Wildman–Crippen LogP) is 0.546. The number of nitrogens with zero attached hydrogens (tertiary/aromatic N) is 3. The van der Waals surface area contributed by atoms with Crippen molar-refractivity contribution in [3.05, 3.63) is 31.5 Å². The lowest BCUT2D eigenvalue weighted by Crippen LogP contribution is -2.55. The van der Waals surface area contributed by atoms with E-state index in [1.54, 1.807) is 13.8 Å². The van der Waals surface area contributed by atoms with E-state index in [0.717, 1.165) is 13.7 Å². The van der Waals surface area contributed by atoms with Crippen LogP contribution >= 0.6 is 0 Å². The summed E-state index contributed by atoms with van der Waals surface area (Å²) in [4.78, 5) is 38.8. The maximum absolute atomic E-state index is 13.0. The lowest BCUT2D eigenvalue weighted by Gasteiger charge is -2.28. The standard InChI is InChI=1S/C20H39N3O10Si/c1-6-27-16-29-14-22-18(24)21(19(25)23(20(22)26)15-30-17-28-7-2)12-11-13-34(31-8-3,32-9-4)33-10-5/h6-17H2,1-5H3. The minimum atomic E-state index is -2.96. The molecule has 0 aliphatic heterocycles. The van der Waals surface area contributed by atoms with E-state index >= 15 is 0 Å². The fraction of sp³-hybridized carbons (Fsp3) is 0.850. The quantitative estimate of drug-likeness (QED) is 0.139. The number of aromatic nitrogens is 3. The summed E-state index contributed by atoms with van der Waals surface area (Å²) in [6.07, 6.45) is 0.360. The molecule has 0 aliphatic rings. The van der Waals surface area contributed by atoms with Crippen LogP contribution in [0.4, 0.5) is 0 Å². The van der Waals surface area contributed by atoms with E-state index in [1.165, 1.54) is 0 Å². The van der Waals surface area contributed by atoms with Crippen LogP contribution in [-0.4, -0.2) is 69.1 Å². The zero-order chi connectivity index (χ0) is 25.4. The molecule has 0 unspecified atom stereocenters. The van der Waals surface area contributed by atoms with E-state index in [4.69, 9.17) is 32.2 Å². The van der Waals surface area contributed by atoms with Gasteiger partial charge in [0.05, 0.1) is 0 Å². The average Bonchev–Trinajstić information content (AvgIpc) is 2.81. The Morgan fingerprint density at radius 1 is 0.588 bits per heavy atom. The molecule has 14 heteroatoms. The molecule has 0 bridgehead atoms. The van der Waals surface area contributed by atoms with Crippen LogP contribution < -0.4 is 17.1 Å². The highest BCUT2D eigenvalue weighted by Gasteiger charge is 2.39. The van der Waals surface area contributed by atoms with E-state index in [2.05, 4.69) is 0 Å². The average molecular weight is 510 g/mol. The Hall–Kier alpha value is -1.65. The molecule has 13 nitrogen and oxygen atoms in total. The van der Waals surface area contributed by atoms with E-state index < -0.39 is 25.9 Å². The first-order valence-corrected chi connectivity index (χ1v) is 13.5. The molecule has 0 spiro atoms. The summed E-state index contributed by atoms with van der Waals surface area (Å²) < 4.78 is 40.8. The van der Waals surface area contributed by atoms with Crippen molar-refractivity contribution >= 4 is 8.80 Å². The Morgan fingerprint density at radius 3 is 1.38 bits per heavy atom. The third-order valence-corrected chi connectivity index (χ3v) is 7.68. The van der Waals surface area contributed by atoms with Gasteiger partial charge in [0, 0.05) is 45.6 Å². The Labute approximate surface area is 200 Å². The molecule has 0 atom stereocenters. The first-order chi connectivity index (χ1) is 16.4. The van der Waals surface area contributed by atoms with Crippen LogP contribution in [0.2, 0.25) is 6.04 Å². The summed E-state index contributed by atoms with van der Waals surface area (Å²) in [5, 5.41) is 0. The van der Waals surface area contributed by atoms with E-state index in [-0.39, 0.29) is 33.6 Å². The van der Waals surface area contributed by atoms with Crippen LogP contribution in [0.15, 0.2) is 14.4 Å². The van der Waals surface area contributed by atoms with Crippen molar-refractivity contribution in [1.29, 1.82) is 0 Å². The van der Waals surface area contributed by atoms with Gasteiger partial charge in [-0.15, -0.1) is 0 Å². The fourth-order valence-corrected chi connectivity index (χ4v) is 5.68. The van der Waals surface area contributed by atoms with Gasteiger partial charge < -0.3 is 32.2 Å². The summed E-state index contributed by atoms with van der Waals surface area (Å²) in [5.74, 6) is 0. The summed E-state index contributed by atoms with van der Waals surface area (Å²) in [7, 11) is -2.96. The van der Waals surface area contributed by atoms with Crippen LogP contribution in [0.5, 0.6) is 0 Å². The molecule has 1 heterocycles. The lowest BCUT2D eigenvalue weighted by atomic mass is 10.5. The fourth-order valence-electron chi connectivity index (χ4n) is 3.09. The maximum atomic E-state index is 13.0. The van der Waals surface area contributed by atoms with Crippen molar-refractivity contribution < 1.29 is 32.2 Å². The molecule has 1 aromatic rings. The van der Waals surface area contributed by atoms with Gasteiger partial charge in [0.2, 0.25) is 0 Å². The Balaban J connectivity index is 3.20. The van der Waals surface area contributed by atoms with Crippen LogP contribution in [-0.2, 0) is 52.2 Å². The number of hydrogen-bond acceptors (Lipinski definition) is 10. The molecule has 0 N–H and O–H groups in total. The van der Waals surface area contributed by atoms with Crippen molar-refractivity contribution in [2.24, 2.45) is 0 Å². The summed E-state index contributed by atoms with van der Waals surface area (Å²) >= 11 is 0. The predicted molar refractivity (Wildman–Crippen MR) is 124 cm³/mol. The zero-order valence-corrected chi connectivity index (χ0v) is 21.9. The molecular weight excluding hydrogens is 470 g/mol. The summed E-state index contributed by atoms with van der Waals surface area (Å²) in [6.45, 7) is 10.3.